The summed E-state index contributed by atoms with van der Waals surface area (Å²) >= 11 is 4.17. The molecule has 0 saturated heterocycles. The lowest BCUT2D eigenvalue weighted by molar-refractivity contribution is -0.141. The molecular formula is C16H20O3S. The van der Waals surface area contributed by atoms with Crippen molar-refractivity contribution in [3.05, 3.63) is 48.1 Å². The molecule has 0 aromatic heterocycles. The number of carbonyl (C=O) groups excluding carboxylic acids is 1. The van der Waals surface area contributed by atoms with E-state index in [1.54, 1.807) is 13.2 Å². The summed E-state index contributed by atoms with van der Waals surface area (Å²) in [6.45, 7) is 1.93. The van der Waals surface area contributed by atoms with Crippen LogP contribution < -0.4 is 4.74 Å². The number of hydrogen-bond donors (Lipinski definition) is 1. The predicted octanol–water partition coefficient (Wildman–Crippen LogP) is 3.52. The number of allylic oxidation sites excluding steroid dienone is 1. The molecule has 0 aliphatic carbocycles. The third-order valence-corrected chi connectivity index (χ3v) is 3.06. The fourth-order valence-electron chi connectivity index (χ4n) is 1.53. The number of ether oxygens (including phenoxy) is 2. The van der Waals surface area contributed by atoms with E-state index in [4.69, 9.17) is 9.47 Å². The summed E-state index contributed by atoms with van der Waals surface area (Å²) in [7, 11) is 1.62. The highest BCUT2D eigenvalue weighted by molar-refractivity contribution is 7.80. The Balaban J connectivity index is 2.53. The highest BCUT2D eigenvalue weighted by Crippen LogP contribution is 2.12. The van der Waals surface area contributed by atoms with Crippen molar-refractivity contribution in [2.75, 3.05) is 12.9 Å². The molecule has 0 amide bonds. The second-order valence-electron chi connectivity index (χ2n) is 4.15. The van der Waals surface area contributed by atoms with Crippen molar-refractivity contribution in [2.24, 2.45) is 0 Å². The van der Waals surface area contributed by atoms with Crippen molar-refractivity contribution in [1.82, 2.24) is 0 Å². The van der Waals surface area contributed by atoms with E-state index in [2.05, 4.69) is 12.6 Å². The van der Waals surface area contributed by atoms with Crippen molar-refractivity contribution < 1.29 is 14.3 Å². The molecular weight excluding hydrogens is 272 g/mol. The number of rotatable bonds is 7. The van der Waals surface area contributed by atoms with Crippen LogP contribution in [0.2, 0.25) is 0 Å². The van der Waals surface area contributed by atoms with Crippen molar-refractivity contribution in [3.8, 4) is 5.75 Å². The molecule has 3 nitrogen and oxygen atoms in total. The molecule has 0 radical (unpaired) electrons. The summed E-state index contributed by atoms with van der Waals surface area (Å²) < 4.78 is 10.4. The van der Waals surface area contributed by atoms with Gasteiger partial charge in [0.1, 0.15) is 11.9 Å². The summed E-state index contributed by atoms with van der Waals surface area (Å²) in [5.74, 6) is 0.933. The van der Waals surface area contributed by atoms with Crippen molar-refractivity contribution in [1.29, 1.82) is 0 Å². The normalized spacial score (nSPS) is 12.8. The first-order chi connectivity index (χ1) is 9.69. The summed E-state index contributed by atoms with van der Waals surface area (Å²) in [4.78, 5) is 11.7. The first kappa shape index (κ1) is 16.4. The molecule has 0 N–H and O–H groups in total. The van der Waals surface area contributed by atoms with E-state index in [0.29, 0.717) is 12.2 Å². The molecule has 0 aliphatic heterocycles. The molecule has 108 valence electrons. The maximum absolute atomic E-state index is 11.7. The van der Waals surface area contributed by atoms with Gasteiger partial charge in [-0.25, -0.2) is 4.79 Å². The van der Waals surface area contributed by atoms with Crippen LogP contribution in [0, 0.1) is 0 Å². The molecule has 0 spiro atoms. The van der Waals surface area contributed by atoms with Gasteiger partial charge in [0.15, 0.2) is 0 Å². The van der Waals surface area contributed by atoms with Crippen LogP contribution in [-0.4, -0.2) is 24.9 Å². The molecule has 0 heterocycles. The Morgan fingerprint density at radius 2 is 2.05 bits per heavy atom. The van der Waals surface area contributed by atoms with Crippen LogP contribution in [-0.2, 0) is 9.53 Å². The maximum atomic E-state index is 11.7. The average molecular weight is 292 g/mol. The number of esters is 1. The van der Waals surface area contributed by atoms with Gasteiger partial charge in [0, 0.05) is 18.2 Å². The molecule has 0 bridgehead atoms. The first-order valence-electron chi connectivity index (χ1n) is 6.44. The first-order valence-corrected chi connectivity index (χ1v) is 7.07. The predicted molar refractivity (Wildman–Crippen MR) is 85.2 cm³/mol. The quantitative estimate of drug-likeness (QED) is 0.361. The average Bonchev–Trinajstić information content (AvgIpc) is 2.49. The lowest BCUT2D eigenvalue weighted by atomic mass is 10.2. The standard InChI is InChI=1S/C16H20O3S/c1-3-4-5-15(12-20)19-16(17)11-8-13-6-9-14(18-2)10-7-13/h3-4,6-11,15,20H,5,12H2,1-2H3/b4-3+,11-8+. The van der Waals surface area contributed by atoms with Gasteiger partial charge in [-0.1, -0.05) is 24.3 Å². The highest BCUT2D eigenvalue weighted by atomic mass is 32.1. The number of thiol groups is 1. The molecule has 4 heteroatoms. The van der Waals surface area contributed by atoms with Gasteiger partial charge in [-0.2, -0.15) is 12.6 Å². The molecule has 1 unspecified atom stereocenters. The van der Waals surface area contributed by atoms with Gasteiger partial charge >= 0.3 is 5.97 Å². The Hall–Kier alpha value is -1.68. The topological polar surface area (TPSA) is 35.5 Å². The monoisotopic (exact) mass is 292 g/mol. The zero-order valence-electron chi connectivity index (χ0n) is 11.8. The van der Waals surface area contributed by atoms with Crippen LogP contribution in [0.3, 0.4) is 0 Å². The molecule has 0 fully saturated rings. The summed E-state index contributed by atoms with van der Waals surface area (Å²) in [5, 5.41) is 0. The molecule has 0 saturated carbocycles. The summed E-state index contributed by atoms with van der Waals surface area (Å²) in [6, 6.07) is 7.43. The minimum absolute atomic E-state index is 0.192. The molecule has 0 aliphatic rings. The molecule has 1 aromatic carbocycles. The largest absolute Gasteiger partial charge is 0.497 e. The fourth-order valence-corrected chi connectivity index (χ4v) is 1.75. The van der Waals surface area contributed by atoms with Crippen molar-refractivity contribution >= 4 is 24.7 Å². The summed E-state index contributed by atoms with van der Waals surface area (Å²) in [5.41, 5.74) is 0.915. The van der Waals surface area contributed by atoms with Crippen LogP contribution in [0.4, 0.5) is 0 Å². The Morgan fingerprint density at radius 1 is 1.35 bits per heavy atom. The Morgan fingerprint density at radius 3 is 2.60 bits per heavy atom. The second kappa shape index (κ2) is 9.26. The third-order valence-electron chi connectivity index (χ3n) is 2.65. The lowest BCUT2D eigenvalue weighted by Gasteiger charge is -2.12. The molecule has 1 aromatic rings. The van der Waals surface area contributed by atoms with Gasteiger partial charge in [-0.05, 0) is 30.7 Å². The van der Waals surface area contributed by atoms with Gasteiger partial charge in [0.2, 0.25) is 0 Å². The van der Waals surface area contributed by atoms with Crippen molar-refractivity contribution in [2.45, 2.75) is 19.4 Å². The zero-order valence-corrected chi connectivity index (χ0v) is 12.7. The van der Waals surface area contributed by atoms with Crippen LogP contribution in [0.1, 0.15) is 18.9 Å². The minimum Gasteiger partial charge on any atom is -0.497 e. The van der Waals surface area contributed by atoms with Crippen molar-refractivity contribution in [3.63, 3.8) is 0 Å². The molecule has 1 atom stereocenters. The Kier molecular flexibility index (Phi) is 7.58. The zero-order chi connectivity index (χ0) is 14.8. The van der Waals surface area contributed by atoms with E-state index < -0.39 is 0 Å². The fraction of sp³-hybridized carbons (Fsp3) is 0.312. The van der Waals surface area contributed by atoms with Gasteiger partial charge in [0.25, 0.3) is 0 Å². The second-order valence-corrected chi connectivity index (χ2v) is 4.52. The Labute approximate surface area is 125 Å². The maximum Gasteiger partial charge on any atom is 0.331 e. The number of benzene rings is 1. The van der Waals surface area contributed by atoms with E-state index >= 15 is 0 Å². The van der Waals surface area contributed by atoms with Gasteiger partial charge in [0.05, 0.1) is 7.11 Å². The van der Waals surface area contributed by atoms with E-state index in [-0.39, 0.29) is 12.1 Å². The van der Waals surface area contributed by atoms with Crippen LogP contribution in [0.15, 0.2) is 42.5 Å². The van der Waals surface area contributed by atoms with E-state index in [0.717, 1.165) is 11.3 Å². The van der Waals surface area contributed by atoms with Gasteiger partial charge < -0.3 is 9.47 Å². The highest BCUT2D eigenvalue weighted by Gasteiger charge is 2.08. The molecule has 1 rings (SSSR count). The number of hydrogen-bond acceptors (Lipinski definition) is 4. The van der Waals surface area contributed by atoms with E-state index in [9.17, 15) is 4.79 Å². The Bertz CT molecular complexity index is 463. The third kappa shape index (κ3) is 5.97. The minimum atomic E-state index is -0.357. The van der Waals surface area contributed by atoms with Crippen LogP contribution in [0.5, 0.6) is 5.75 Å². The SMILES string of the molecule is C/C=C/CC(CS)OC(=O)/C=C/c1ccc(OC)cc1. The van der Waals surface area contributed by atoms with Crippen LogP contribution in [0.25, 0.3) is 6.08 Å². The smallest absolute Gasteiger partial charge is 0.331 e. The number of carbonyl (C=O) groups is 1. The summed E-state index contributed by atoms with van der Waals surface area (Å²) in [6.07, 6.45) is 7.52. The van der Waals surface area contributed by atoms with Gasteiger partial charge in [-0.15, -0.1) is 0 Å². The molecule has 20 heavy (non-hydrogen) atoms. The van der Waals surface area contributed by atoms with E-state index in [1.807, 2.05) is 43.3 Å². The van der Waals surface area contributed by atoms with Crippen LogP contribution >= 0.6 is 12.6 Å². The lowest BCUT2D eigenvalue weighted by Crippen LogP contribution is -2.17. The number of methoxy groups -OCH3 is 1. The van der Waals surface area contributed by atoms with E-state index in [1.165, 1.54) is 6.08 Å². The van der Waals surface area contributed by atoms with Gasteiger partial charge in [-0.3, -0.25) is 0 Å².